The SMILES string of the molecule is O=CCCCc1c[nH]c2ccccc12. The molecule has 0 bridgehead atoms. The Bertz CT molecular complexity index is 431. The highest BCUT2D eigenvalue weighted by atomic mass is 16.1. The van der Waals surface area contributed by atoms with Crippen molar-refractivity contribution >= 4 is 17.2 Å². The summed E-state index contributed by atoms with van der Waals surface area (Å²) in [5.74, 6) is 0. The molecule has 2 nitrogen and oxygen atoms in total. The van der Waals surface area contributed by atoms with Crippen LogP contribution in [-0.2, 0) is 11.2 Å². The molecule has 72 valence electrons. The number of aldehydes is 1. The minimum atomic E-state index is 0.652. The molecule has 0 saturated carbocycles. The Hall–Kier alpha value is -1.57. The van der Waals surface area contributed by atoms with Crippen LogP contribution in [0.1, 0.15) is 18.4 Å². The van der Waals surface area contributed by atoms with E-state index in [1.54, 1.807) is 0 Å². The lowest BCUT2D eigenvalue weighted by atomic mass is 10.1. The predicted octanol–water partition coefficient (Wildman–Crippen LogP) is 2.69. The topological polar surface area (TPSA) is 32.9 Å². The fourth-order valence-corrected chi connectivity index (χ4v) is 1.71. The molecular weight excluding hydrogens is 174 g/mol. The van der Waals surface area contributed by atoms with E-state index >= 15 is 0 Å². The van der Waals surface area contributed by atoms with Gasteiger partial charge in [0.05, 0.1) is 0 Å². The van der Waals surface area contributed by atoms with Crippen LogP contribution in [0.5, 0.6) is 0 Å². The number of rotatable bonds is 4. The molecule has 0 radical (unpaired) electrons. The maximum Gasteiger partial charge on any atom is 0.120 e. The molecule has 0 spiro atoms. The van der Waals surface area contributed by atoms with Gasteiger partial charge in [-0.15, -0.1) is 0 Å². The lowest BCUT2D eigenvalue weighted by Crippen LogP contribution is -1.83. The number of para-hydroxylation sites is 1. The van der Waals surface area contributed by atoms with Crippen molar-refractivity contribution in [1.82, 2.24) is 4.98 Å². The summed E-state index contributed by atoms with van der Waals surface area (Å²) < 4.78 is 0. The molecule has 0 aliphatic carbocycles. The van der Waals surface area contributed by atoms with Crippen molar-refractivity contribution in [2.45, 2.75) is 19.3 Å². The molecule has 2 rings (SSSR count). The fraction of sp³-hybridized carbons (Fsp3) is 0.250. The van der Waals surface area contributed by atoms with Gasteiger partial charge < -0.3 is 9.78 Å². The van der Waals surface area contributed by atoms with Crippen LogP contribution < -0.4 is 0 Å². The molecule has 1 heterocycles. The average Bonchev–Trinajstić information content (AvgIpc) is 2.63. The highest BCUT2D eigenvalue weighted by Crippen LogP contribution is 2.18. The van der Waals surface area contributed by atoms with Gasteiger partial charge in [0.15, 0.2) is 0 Å². The summed E-state index contributed by atoms with van der Waals surface area (Å²) in [7, 11) is 0. The molecule has 0 aliphatic heterocycles. The molecule has 1 aromatic carbocycles. The van der Waals surface area contributed by atoms with E-state index in [2.05, 4.69) is 17.1 Å². The third-order valence-corrected chi connectivity index (χ3v) is 2.44. The molecule has 0 saturated heterocycles. The second-order valence-electron chi connectivity index (χ2n) is 3.42. The fourth-order valence-electron chi connectivity index (χ4n) is 1.71. The Balaban J connectivity index is 2.20. The molecule has 0 atom stereocenters. The van der Waals surface area contributed by atoms with Gasteiger partial charge in [0.25, 0.3) is 0 Å². The van der Waals surface area contributed by atoms with E-state index in [0.717, 1.165) is 19.1 Å². The van der Waals surface area contributed by atoms with Gasteiger partial charge in [-0.1, -0.05) is 18.2 Å². The van der Waals surface area contributed by atoms with Crippen LogP contribution in [0.4, 0.5) is 0 Å². The molecular formula is C12H13NO. The largest absolute Gasteiger partial charge is 0.361 e. The molecule has 2 heteroatoms. The molecule has 0 fully saturated rings. The molecule has 0 amide bonds. The van der Waals surface area contributed by atoms with E-state index in [0.29, 0.717) is 6.42 Å². The van der Waals surface area contributed by atoms with Gasteiger partial charge in [-0.05, 0) is 24.5 Å². The Labute approximate surface area is 82.9 Å². The second kappa shape index (κ2) is 4.09. The van der Waals surface area contributed by atoms with Crippen molar-refractivity contribution in [3.8, 4) is 0 Å². The second-order valence-corrected chi connectivity index (χ2v) is 3.42. The smallest absolute Gasteiger partial charge is 0.120 e. The van der Waals surface area contributed by atoms with Crippen LogP contribution >= 0.6 is 0 Å². The Morgan fingerprint density at radius 1 is 1.29 bits per heavy atom. The third-order valence-electron chi connectivity index (χ3n) is 2.44. The summed E-state index contributed by atoms with van der Waals surface area (Å²) in [6.45, 7) is 0. The van der Waals surface area contributed by atoms with Crippen molar-refractivity contribution in [2.75, 3.05) is 0 Å². The van der Waals surface area contributed by atoms with Gasteiger partial charge in [-0.25, -0.2) is 0 Å². The van der Waals surface area contributed by atoms with Gasteiger partial charge in [-0.2, -0.15) is 0 Å². The van der Waals surface area contributed by atoms with Crippen LogP contribution in [0.15, 0.2) is 30.5 Å². The normalized spacial score (nSPS) is 10.6. The van der Waals surface area contributed by atoms with E-state index in [-0.39, 0.29) is 0 Å². The Kier molecular flexibility index (Phi) is 2.63. The summed E-state index contributed by atoms with van der Waals surface area (Å²) in [6, 6.07) is 8.24. The number of fused-ring (bicyclic) bond motifs is 1. The third kappa shape index (κ3) is 1.69. The van der Waals surface area contributed by atoms with Crippen LogP contribution in [0.3, 0.4) is 0 Å². The first-order valence-corrected chi connectivity index (χ1v) is 4.90. The minimum Gasteiger partial charge on any atom is -0.361 e. The summed E-state index contributed by atoms with van der Waals surface area (Å²) in [4.78, 5) is 13.4. The van der Waals surface area contributed by atoms with E-state index in [1.165, 1.54) is 16.5 Å². The first-order valence-electron chi connectivity index (χ1n) is 4.90. The molecule has 14 heavy (non-hydrogen) atoms. The maximum absolute atomic E-state index is 10.2. The van der Waals surface area contributed by atoms with Gasteiger partial charge in [0.1, 0.15) is 6.29 Å². The average molecular weight is 187 g/mol. The minimum absolute atomic E-state index is 0.652. The first kappa shape index (κ1) is 9.00. The standard InChI is InChI=1S/C12H13NO/c14-8-4-3-5-10-9-13-12-7-2-1-6-11(10)12/h1-2,6-9,13H,3-5H2. The summed E-state index contributed by atoms with van der Waals surface area (Å²) in [5, 5.41) is 1.28. The number of unbranched alkanes of at least 4 members (excludes halogenated alkanes) is 1. The predicted molar refractivity (Wildman–Crippen MR) is 57.3 cm³/mol. The van der Waals surface area contributed by atoms with Crippen LogP contribution in [0.25, 0.3) is 10.9 Å². The first-order chi connectivity index (χ1) is 6.92. The molecule has 0 aliphatic rings. The maximum atomic E-state index is 10.2. The number of carbonyl (C=O) groups is 1. The number of benzene rings is 1. The number of aromatic nitrogens is 1. The molecule has 1 N–H and O–H groups in total. The number of aromatic amines is 1. The van der Waals surface area contributed by atoms with E-state index in [4.69, 9.17) is 0 Å². The van der Waals surface area contributed by atoms with Gasteiger partial charge in [0, 0.05) is 23.5 Å². The molecule has 2 aromatic rings. The van der Waals surface area contributed by atoms with Gasteiger partial charge in [-0.3, -0.25) is 0 Å². The lowest BCUT2D eigenvalue weighted by molar-refractivity contribution is -0.107. The number of hydrogen-bond acceptors (Lipinski definition) is 1. The van der Waals surface area contributed by atoms with E-state index in [1.807, 2.05) is 18.3 Å². The van der Waals surface area contributed by atoms with Gasteiger partial charge in [0.2, 0.25) is 0 Å². The van der Waals surface area contributed by atoms with Crippen molar-refractivity contribution in [3.05, 3.63) is 36.0 Å². The highest BCUT2D eigenvalue weighted by Gasteiger charge is 2.01. The number of H-pyrrole nitrogens is 1. The molecule has 1 aromatic heterocycles. The van der Waals surface area contributed by atoms with Crippen molar-refractivity contribution < 1.29 is 4.79 Å². The van der Waals surface area contributed by atoms with Crippen molar-refractivity contribution in [1.29, 1.82) is 0 Å². The monoisotopic (exact) mass is 187 g/mol. The highest BCUT2D eigenvalue weighted by molar-refractivity contribution is 5.83. The zero-order chi connectivity index (χ0) is 9.80. The molecule has 0 unspecified atom stereocenters. The number of nitrogens with one attached hydrogen (secondary N) is 1. The summed E-state index contributed by atoms with van der Waals surface area (Å²) >= 11 is 0. The van der Waals surface area contributed by atoms with Crippen LogP contribution in [-0.4, -0.2) is 11.3 Å². The number of carbonyl (C=O) groups excluding carboxylic acids is 1. The van der Waals surface area contributed by atoms with E-state index < -0.39 is 0 Å². The lowest BCUT2D eigenvalue weighted by Gasteiger charge is -1.95. The zero-order valence-corrected chi connectivity index (χ0v) is 7.99. The van der Waals surface area contributed by atoms with Gasteiger partial charge >= 0.3 is 0 Å². The Morgan fingerprint density at radius 2 is 2.14 bits per heavy atom. The van der Waals surface area contributed by atoms with Crippen molar-refractivity contribution in [2.24, 2.45) is 0 Å². The quantitative estimate of drug-likeness (QED) is 0.579. The zero-order valence-electron chi connectivity index (χ0n) is 7.99. The summed E-state index contributed by atoms with van der Waals surface area (Å²) in [6.07, 6.45) is 5.58. The van der Waals surface area contributed by atoms with Crippen LogP contribution in [0.2, 0.25) is 0 Å². The Morgan fingerprint density at radius 3 is 3.00 bits per heavy atom. The van der Waals surface area contributed by atoms with E-state index in [9.17, 15) is 4.79 Å². The van der Waals surface area contributed by atoms with Crippen LogP contribution in [0, 0.1) is 0 Å². The number of aryl methyl sites for hydroxylation is 1. The summed E-state index contributed by atoms with van der Waals surface area (Å²) in [5.41, 5.74) is 2.48. The van der Waals surface area contributed by atoms with Crippen molar-refractivity contribution in [3.63, 3.8) is 0 Å². The number of hydrogen-bond donors (Lipinski definition) is 1.